The number of carbonyl (C=O) groups is 1. The monoisotopic (exact) mass is 435 g/mol. The van der Waals surface area contributed by atoms with Gasteiger partial charge < -0.3 is 19.3 Å². The lowest BCUT2D eigenvalue weighted by molar-refractivity contribution is 0.0762. The molecule has 1 saturated carbocycles. The summed E-state index contributed by atoms with van der Waals surface area (Å²) in [7, 11) is 0. The molecule has 8 nitrogen and oxygen atoms in total. The van der Waals surface area contributed by atoms with Crippen molar-refractivity contribution < 1.29 is 14.3 Å². The lowest BCUT2D eigenvalue weighted by Crippen LogP contribution is -2.52. The van der Waals surface area contributed by atoms with Gasteiger partial charge in [0.1, 0.15) is 0 Å². The molecule has 0 atom stereocenters. The van der Waals surface area contributed by atoms with E-state index < -0.39 is 0 Å². The van der Waals surface area contributed by atoms with Crippen LogP contribution < -0.4 is 14.4 Å². The van der Waals surface area contributed by atoms with Gasteiger partial charge in [0.25, 0.3) is 5.91 Å². The van der Waals surface area contributed by atoms with E-state index in [1.54, 1.807) is 6.07 Å². The van der Waals surface area contributed by atoms with E-state index in [4.69, 9.17) is 19.4 Å². The molecular formula is C24H29N5O3. The third-order valence-electron chi connectivity index (χ3n) is 7.31. The summed E-state index contributed by atoms with van der Waals surface area (Å²) in [6, 6.07) is 6.21. The van der Waals surface area contributed by atoms with E-state index in [9.17, 15) is 4.79 Å². The van der Waals surface area contributed by atoms with E-state index in [0.29, 0.717) is 30.2 Å². The Hall–Kier alpha value is -2.87. The predicted molar refractivity (Wildman–Crippen MR) is 119 cm³/mol. The summed E-state index contributed by atoms with van der Waals surface area (Å²) in [5.74, 6) is 2.20. The van der Waals surface area contributed by atoms with Gasteiger partial charge in [0.2, 0.25) is 12.7 Å². The van der Waals surface area contributed by atoms with E-state index in [-0.39, 0.29) is 12.7 Å². The van der Waals surface area contributed by atoms with Gasteiger partial charge >= 0.3 is 0 Å². The molecule has 1 amide bonds. The molecule has 6 rings (SSSR count). The molecule has 1 aromatic carbocycles. The number of aromatic nitrogens is 2. The molecule has 0 radical (unpaired) electrons. The molecule has 2 fully saturated rings. The fourth-order valence-corrected chi connectivity index (χ4v) is 5.07. The zero-order valence-corrected chi connectivity index (χ0v) is 18.3. The fraction of sp³-hybridized carbons (Fsp3) is 0.542. The van der Waals surface area contributed by atoms with Gasteiger partial charge in [-0.3, -0.25) is 9.69 Å². The van der Waals surface area contributed by atoms with Crippen molar-refractivity contribution in [2.24, 2.45) is 0 Å². The molecule has 0 spiro atoms. The van der Waals surface area contributed by atoms with Crippen LogP contribution >= 0.6 is 0 Å². The first-order chi connectivity index (χ1) is 15.7. The van der Waals surface area contributed by atoms with Gasteiger partial charge in [-0.05, 0) is 43.0 Å². The van der Waals surface area contributed by atoms with Gasteiger partial charge in [0, 0.05) is 63.5 Å². The Bertz CT molecular complexity index is 1020. The van der Waals surface area contributed by atoms with Gasteiger partial charge in [-0.25, -0.2) is 9.97 Å². The Labute approximate surface area is 188 Å². The molecular weight excluding hydrogens is 406 g/mol. The highest BCUT2D eigenvalue weighted by atomic mass is 16.7. The average molecular weight is 436 g/mol. The van der Waals surface area contributed by atoms with Crippen LogP contribution in [-0.4, -0.2) is 77.8 Å². The van der Waals surface area contributed by atoms with E-state index in [1.165, 1.54) is 19.3 Å². The maximum atomic E-state index is 13.1. The van der Waals surface area contributed by atoms with Crippen LogP contribution in [-0.2, 0) is 12.8 Å². The van der Waals surface area contributed by atoms with Crippen LogP contribution in [0.2, 0.25) is 0 Å². The second-order valence-electron chi connectivity index (χ2n) is 9.11. The highest BCUT2D eigenvalue weighted by Crippen LogP contribution is 2.33. The van der Waals surface area contributed by atoms with Gasteiger partial charge in [-0.2, -0.15) is 0 Å². The van der Waals surface area contributed by atoms with Crippen LogP contribution in [0.5, 0.6) is 11.5 Å². The van der Waals surface area contributed by atoms with Gasteiger partial charge in [0.05, 0.1) is 5.69 Å². The summed E-state index contributed by atoms with van der Waals surface area (Å²) in [6.07, 6.45) is 7.61. The number of nitrogens with zero attached hydrogens (tertiary/aromatic N) is 5. The molecule has 3 aliphatic heterocycles. The van der Waals surface area contributed by atoms with Crippen LogP contribution in [0.25, 0.3) is 0 Å². The minimum Gasteiger partial charge on any atom is -0.454 e. The third kappa shape index (κ3) is 3.66. The third-order valence-corrected chi connectivity index (χ3v) is 7.31. The van der Waals surface area contributed by atoms with Crippen LogP contribution in [0, 0.1) is 0 Å². The topological polar surface area (TPSA) is 71.0 Å². The quantitative estimate of drug-likeness (QED) is 0.731. The molecule has 2 aromatic rings. The van der Waals surface area contributed by atoms with Crippen molar-refractivity contribution in [2.45, 2.75) is 38.1 Å². The molecule has 0 bridgehead atoms. The Morgan fingerprint density at radius 3 is 2.59 bits per heavy atom. The Morgan fingerprint density at radius 1 is 0.969 bits per heavy atom. The van der Waals surface area contributed by atoms with Crippen molar-refractivity contribution in [1.29, 1.82) is 0 Å². The van der Waals surface area contributed by atoms with Crippen molar-refractivity contribution in [3.8, 4) is 11.5 Å². The lowest BCUT2D eigenvalue weighted by atomic mass is 9.91. The summed E-state index contributed by atoms with van der Waals surface area (Å²) >= 11 is 0. The van der Waals surface area contributed by atoms with Crippen molar-refractivity contribution in [3.05, 3.63) is 41.2 Å². The van der Waals surface area contributed by atoms with Crippen molar-refractivity contribution in [3.63, 3.8) is 0 Å². The van der Waals surface area contributed by atoms with Crippen molar-refractivity contribution in [2.75, 3.05) is 51.0 Å². The standard InChI is InChI=1S/C24H29N5O3/c30-23(17-4-5-21-22(14-17)32-16-31-21)28-8-6-18-15-25-24(26-20(18)7-9-28)29-12-10-27(11-13-29)19-2-1-3-19/h4-5,14-15,19H,1-3,6-13,16H2. The number of hydrogen-bond donors (Lipinski definition) is 0. The largest absolute Gasteiger partial charge is 0.454 e. The second kappa shape index (κ2) is 8.24. The number of fused-ring (bicyclic) bond motifs is 2. The summed E-state index contributed by atoms with van der Waals surface area (Å²) in [6.45, 7) is 5.72. The average Bonchev–Trinajstić information content (AvgIpc) is 3.16. The van der Waals surface area contributed by atoms with Crippen LogP contribution in [0.3, 0.4) is 0 Å². The number of carbonyl (C=O) groups excluding carboxylic acids is 1. The molecule has 4 heterocycles. The number of benzene rings is 1. The first kappa shape index (κ1) is 19.8. The van der Waals surface area contributed by atoms with Crippen molar-refractivity contribution in [1.82, 2.24) is 19.8 Å². The summed E-state index contributed by atoms with van der Waals surface area (Å²) in [5.41, 5.74) is 2.87. The summed E-state index contributed by atoms with van der Waals surface area (Å²) in [4.78, 5) is 29.6. The Balaban J connectivity index is 1.11. The maximum absolute atomic E-state index is 13.1. The molecule has 1 aromatic heterocycles. The van der Waals surface area contributed by atoms with E-state index in [1.807, 2.05) is 23.2 Å². The first-order valence-electron chi connectivity index (χ1n) is 11.8. The van der Waals surface area contributed by atoms with Crippen LogP contribution in [0.15, 0.2) is 24.4 Å². The van der Waals surface area contributed by atoms with Crippen molar-refractivity contribution >= 4 is 11.9 Å². The number of anilines is 1. The minimum atomic E-state index is 0.0244. The van der Waals surface area contributed by atoms with Gasteiger partial charge in [0.15, 0.2) is 11.5 Å². The molecule has 1 aliphatic carbocycles. The first-order valence-corrected chi connectivity index (χ1v) is 11.8. The molecule has 168 valence electrons. The van der Waals surface area contributed by atoms with Crippen LogP contribution in [0.1, 0.15) is 40.9 Å². The smallest absolute Gasteiger partial charge is 0.254 e. The SMILES string of the molecule is O=C(c1ccc2c(c1)OCO2)N1CCc2cnc(N3CCN(C4CCC4)CC3)nc2CC1. The van der Waals surface area contributed by atoms with E-state index in [0.717, 1.165) is 62.3 Å². The zero-order chi connectivity index (χ0) is 21.5. The number of piperazine rings is 1. The number of ether oxygens (including phenoxy) is 2. The number of amides is 1. The normalized spacial score (nSPS) is 21.1. The fourth-order valence-electron chi connectivity index (χ4n) is 5.07. The predicted octanol–water partition coefficient (Wildman–Crippen LogP) is 2.12. The highest BCUT2D eigenvalue weighted by Gasteiger charge is 2.29. The van der Waals surface area contributed by atoms with E-state index in [2.05, 4.69) is 9.80 Å². The number of rotatable bonds is 3. The molecule has 8 heteroatoms. The maximum Gasteiger partial charge on any atom is 0.254 e. The van der Waals surface area contributed by atoms with E-state index >= 15 is 0 Å². The molecule has 0 unspecified atom stereocenters. The highest BCUT2D eigenvalue weighted by molar-refractivity contribution is 5.95. The number of hydrogen-bond acceptors (Lipinski definition) is 7. The lowest BCUT2D eigenvalue weighted by Gasteiger charge is -2.43. The zero-order valence-electron chi connectivity index (χ0n) is 18.3. The van der Waals surface area contributed by atoms with Gasteiger partial charge in [-0.15, -0.1) is 0 Å². The van der Waals surface area contributed by atoms with Crippen LogP contribution in [0.4, 0.5) is 5.95 Å². The van der Waals surface area contributed by atoms with Gasteiger partial charge in [-0.1, -0.05) is 6.42 Å². The molecule has 1 saturated heterocycles. The summed E-state index contributed by atoms with van der Waals surface area (Å²) < 4.78 is 10.8. The molecule has 32 heavy (non-hydrogen) atoms. The minimum absolute atomic E-state index is 0.0244. The molecule has 4 aliphatic rings. The Kier molecular flexibility index (Phi) is 5.09. The molecule has 0 N–H and O–H groups in total. The Morgan fingerprint density at radius 2 is 1.78 bits per heavy atom. The second-order valence-corrected chi connectivity index (χ2v) is 9.11. The summed E-state index contributed by atoms with van der Waals surface area (Å²) in [5, 5.41) is 0.